The molecule has 168 valence electrons. The number of hydrogen-bond acceptors (Lipinski definition) is 4. The van der Waals surface area contributed by atoms with E-state index in [1.54, 1.807) is 0 Å². The molecule has 1 amide bonds. The van der Waals surface area contributed by atoms with E-state index in [2.05, 4.69) is 20.9 Å². The average molecular weight is 542 g/mol. The molecule has 3 aromatic carbocycles. The maximum absolute atomic E-state index is 13.3. The molecule has 33 heavy (non-hydrogen) atoms. The molecule has 0 fully saturated rings. The summed E-state index contributed by atoms with van der Waals surface area (Å²) >= 11 is 4.89. The van der Waals surface area contributed by atoms with E-state index in [1.165, 1.54) is 39.9 Å². The summed E-state index contributed by atoms with van der Waals surface area (Å²) < 4.78 is 31.9. The van der Waals surface area contributed by atoms with Gasteiger partial charge in [-0.15, -0.1) is 0 Å². The van der Waals surface area contributed by atoms with Crippen LogP contribution in [0.5, 0.6) is 0 Å². The Morgan fingerprint density at radius 2 is 1.82 bits per heavy atom. The second kappa shape index (κ2) is 8.55. The van der Waals surface area contributed by atoms with Crippen LogP contribution in [0.2, 0.25) is 0 Å². The molecular weight excluding hydrogens is 522 g/mol. The predicted octanol–water partition coefficient (Wildman–Crippen LogP) is 4.88. The Morgan fingerprint density at radius 3 is 2.61 bits per heavy atom. The largest absolute Gasteiger partial charge is 0.319 e. The number of aryl methyl sites for hydroxylation is 2. The number of rotatable bonds is 3. The Labute approximate surface area is 204 Å². The smallest absolute Gasteiger partial charge is 0.279 e. The van der Waals surface area contributed by atoms with Gasteiger partial charge in [-0.1, -0.05) is 45.5 Å². The first-order valence-electron chi connectivity index (χ1n) is 10.4. The van der Waals surface area contributed by atoms with Crippen LogP contribution in [0.1, 0.15) is 22.3 Å². The number of hydrogen-bond donors (Lipinski definition) is 0. The minimum atomic E-state index is -3.72. The molecule has 0 unspecified atom stereocenters. The van der Waals surface area contributed by atoms with Crippen molar-refractivity contribution in [3.05, 3.63) is 87.1 Å². The summed E-state index contributed by atoms with van der Waals surface area (Å²) in [5, 5.41) is 0. The first-order chi connectivity index (χ1) is 15.8. The second-order valence-corrected chi connectivity index (χ2v) is 11.6. The maximum atomic E-state index is 13.3. The van der Waals surface area contributed by atoms with Gasteiger partial charge in [-0.2, -0.15) is 4.99 Å². The van der Waals surface area contributed by atoms with E-state index in [-0.39, 0.29) is 4.90 Å². The van der Waals surface area contributed by atoms with Crippen molar-refractivity contribution in [2.24, 2.45) is 12.0 Å². The third-order valence-electron chi connectivity index (χ3n) is 5.73. The van der Waals surface area contributed by atoms with Gasteiger partial charge >= 0.3 is 0 Å². The molecule has 0 atom stereocenters. The number of anilines is 1. The maximum Gasteiger partial charge on any atom is 0.279 e. The topological polar surface area (TPSA) is 71.7 Å². The Morgan fingerprint density at radius 1 is 1.06 bits per heavy atom. The van der Waals surface area contributed by atoms with E-state index in [0.717, 1.165) is 38.8 Å². The monoisotopic (exact) mass is 541 g/mol. The average Bonchev–Trinajstić information content (AvgIpc) is 3.12. The molecule has 0 saturated carbocycles. The quantitative estimate of drug-likeness (QED) is 0.371. The molecule has 0 aliphatic carbocycles. The number of carbonyl (C=O) groups excluding carboxylic acids is 1. The molecule has 0 saturated heterocycles. The van der Waals surface area contributed by atoms with Crippen LogP contribution in [-0.2, 0) is 23.5 Å². The van der Waals surface area contributed by atoms with Crippen molar-refractivity contribution in [2.45, 2.75) is 17.7 Å². The molecule has 6 nitrogen and oxygen atoms in total. The van der Waals surface area contributed by atoms with Gasteiger partial charge < -0.3 is 4.57 Å². The lowest BCUT2D eigenvalue weighted by molar-refractivity contribution is 0.0998. The van der Waals surface area contributed by atoms with Crippen molar-refractivity contribution in [3.8, 4) is 0 Å². The van der Waals surface area contributed by atoms with Gasteiger partial charge in [0.1, 0.15) is 0 Å². The summed E-state index contributed by atoms with van der Waals surface area (Å²) in [5.74, 6) is -0.413. The molecule has 4 aromatic rings. The number of benzene rings is 3. The SMILES string of the molecule is Cn1c(=NC(=O)c2ccc(S(=O)(=O)N3CCCc4ccccc43)cc2)sc2cc(Br)ccc21. The number of nitrogens with zero attached hydrogens (tertiary/aromatic N) is 3. The molecule has 9 heteroatoms. The van der Waals surface area contributed by atoms with E-state index in [0.29, 0.717) is 16.9 Å². The van der Waals surface area contributed by atoms with Gasteiger partial charge in [0.05, 0.1) is 20.8 Å². The van der Waals surface area contributed by atoms with Crippen LogP contribution in [0, 0.1) is 0 Å². The molecule has 0 bridgehead atoms. The molecule has 0 N–H and O–H groups in total. The number of sulfonamides is 1. The highest BCUT2D eigenvalue weighted by Gasteiger charge is 2.28. The van der Waals surface area contributed by atoms with E-state index in [9.17, 15) is 13.2 Å². The summed E-state index contributed by atoms with van der Waals surface area (Å²) in [6.45, 7) is 0.438. The zero-order valence-electron chi connectivity index (χ0n) is 17.7. The highest BCUT2D eigenvalue weighted by Crippen LogP contribution is 2.31. The molecule has 1 aliphatic rings. The fourth-order valence-electron chi connectivity index (χ4n) is 4.01. The first kappa shape index (κ1) is 22.1. The van der Waals surface area contributed by atoms with Crippen LogP contribution in [0.3, 0.4) is 0 Å². The van der Waals surface area contributed by atoms with E-state index < -0.39 is 15.9 Å². The molecule has 1 aromatic heterocycles. The van der Waals surface area contributed by atoms with E-state index in [1.807, 2.05) is 54.1 Å². The van der Waals surface area contributed by atoms with Gasteiger partial charge in [0.15, 0.2) is 4.80 Å². The summed E-state index contributed by atoms with van der Waals surface area (Å²) in [6, 6.07) is 19.5. The third-order valence-corrected chi connectivity index (χ3v) is 9.14. The number of amides is 1. The summed E-state index contributed by atoms with van der Waals surface area (Å²) in [4.78, 5) is 17.8. The molecule has 5 rings (SSSR count). The normalized spacial score (nSPS) is 14.5. The van der Waals surface area contributed by atoms with Crippen molar-refractivity contribution >= 4 is 59.1 Å². The van der Waals surface area contributed by atoms with Gasteiger partial charge in [0.2, 0.25) is 0 Å². The fraction of sp³-hybridized carbons (Fsp3) is 0.167. The minimum absolute atomic E-state index is 0.160. The van der Waals surface area contributed by atoms with Crippen LogP contribution in [0.4, 0.5) is 5.69 Å². The van der Waals surface area contributed by atoms with Crippen molar-refractivity contribution in [1.82, 2.24) is 4.57 Å². The van der Waals surface area contributed by atoms with Crippen molar-refractivity contribution in [2.75, 3.05) is 10.8 Å². The lowest BCUT2D eigenvalue weighted by Gasteiger charge is -2.30. The fourth-order valence-corrected chi connectivity index (χ4v) is 7.12. The summed E-state index contributed by atoms with van der Waals surface area (Å²) in [6.07, 6.45) is 1.64. The highest BCUT2D eigenvalue weighted by molar-refractivity contribution is 9.10. The first-order valence-corrected chi connectivity index (χ1v) is 13.4. The van der Waals surface area contributed by atoms with Gasteiger partial charge in [0.25, 0.3) is 15.9 Å². The Hall–Kier alpha value is -2.75. The number of para-hydroxylation sites is 1. The van der Waals surface area contributed by atoms with Gasteiger partial charge in [-0.3, -0.25) is 9.10 Å². The molecule has 2 heterocycles. The molecule has 1 aliphatic heterocycles. The van der Waals surface area contributed by atoms with E-state index in [4.69, 9.17) is 0 Å². The summed E-state index contributed by atoms with van der Waals surface area (Å²) in [7, 11) is -1.85. The van der Waals surface area contributed by atoms with Crippen LogP contribution < -0.4 is 9.11 Å². The number of aromatic nitrogens is 1. The Kier molecular flexibility index (Phi) is 5.72. The van der Waals surface area contributed by atoms with Crippen LogP contribution in [-0.4, -0.2) is 25.4 Å². The van der Waals surface area contributed by atoms with Gasteiger partial charge in [0, 0.05) is 23.6 Å². The Balaban J connectivity index is 1.45. The van der Waals surface area contributed by atoms with Crippen LogP contribution in [0.25, 0.3) is 10.2 Å². The van der Waals surface area contributed by atoms with Gasteiger partial charge in [-0.05, 0) is 66.9 Å². The zero-order chi connectivity index (χ0) is 23.2. The minimum Gasteiger partial charge on any atom is -0.319 e. The molecule has 0 radical (unpaired) electrons. The molecular formula is C24H20BrN3O3S2. The lowest BCUT2D eigenvalue weighted by Crippen LogP contribution is -2.35. The number of carbonyl (C=O) groups is 1. The van der Waals surface area contributed by atoms with Crippen LogP contribution >= 0.6 is 27.3 Å². The van der Waals surface area contributed by atoms with Crippen molar-refractivity contribution in [1.29, 1.82) is 0 Å². The lowest BCUT2D eigenvalue weighted by atomic mass is 10.0. The Bertz CT molecular complexity index is 1550. The van der Waals surface area contributed by atoms with Crippen molar-refractivity contribution in [3.63, 3.8) is 0 Å². The predicted molar refractivity (Wildman–Crippen MR) is 134 cm³/mol. The van der Waals surface area contributed by atoms with E-state index >= 15 is 0 Å². The van der Waals surface area contributed by atoms with Crippen LogP contribution in [0.15, 0.2) is 81.1 Å². The third kappa shape index (κ3) is 4.05. The standard InChI is InChI=1S/C24H20BrN3O3S2/c1-27-21-13-10-18(25)15-22(21)32-24(27)26-23(29)17-8-11-19(12-9-17)33(30,31)28-14-4-6-16-5-2-3-7-20(16)28/h2-3,5,7-13,15H,4,6,14H2,1H3. The number of halogens is 1. The number of thiazole rings is 1. The second-order valence-electron chi connectivity index (χ2n) is 7.81. The van der Waals surface area contributed by atoms with Gasteiger partial charge in [-0.25, -0.2) is 8.42 Å². The zero-order valence-corrected chi connectivity index (χ0v) is 21.0. The highest BCUT2D eigenvalue weighted by atomic mass is 79.9. The molecule has 0 spiro atoms. The van der Waals surface area contributed by atoms with Crippen molar-refractivity contribution < 1.29 is 13.2 Å². The number of fused-ring (bicyclic) bond motifs is 2. The summed E-state index contributed by atoms with van der Waals surface area (Å²) in [5.41, 5.74) is 3.08.